The second kappa shape index (κ2) is 5.32. The van der Waals surface area contributed by atoms with Crippen LogP contribution in [0, 0.1) is 11.3 Å². The Morgan fingerprint density at radius 3 is 2.71 bits per heavy atom. The van der Waals surface area contributed by atoms with Crippen LogP contribution < -0.4 is 0 Å². The number of alkyl halides is 1. The number of rotatable bonds is 2. The largest absolute Gasteiger partial charge is 0.324 e. The summed E-state index contributed by atoms with van der Waals surface area (Å²) in [6, 6.07) is 7.65. The molecule has 2 aromatic rings. The summed E-state index contributed by atoms with van der Waals surface area (Å²) in [5.41, 5.74) is 2.01. The smallest absolute Gasteiger partial charge is 0.150 e. The Labute approximate surface area is 128 Å². The Morgan fingerprint density at radius 2 is 2.10 bits per heavy atom. The van der Waals surface area contributed by atoms with Gasteiger partial charge < -0.3 is 4.57 Å². The monoisotopic (exact) mass is 323 g/mol. The molecule has 1 saturated heterocycles. The van der Waals surface area contributed by atoms with Crippen molar-refractivity contribution in [3.63, 3.8) is 0 Å². The fraction of sp³-hybridized carbons (Fsp3) is 0.429. The van der Waals surface area contributed by atoms with Crippen LogP contribution in [0.5, 0.6) is 0 Å². The van der Waals surface area contributed by atoms with Crippen LogP contribution in [0.25, 0.3) is 11.0 Å². The first-order chi connectivity index (χ1) is 10.1. The predicted molar refractivity (Wildman–Crippen MR) is 80.9 cm³/mol. The van der Waals surface area contributed by atoms with Gasteiger partial charge in [-0.15, -0.1) is 11.6 Å². The molecule has 0 N–H and O–H groups in total. The lowest BCUT2D eigenvalue weighted by Gasteiger charge is -2.25. The molecule has 21 heavy (non-hydrogen) atoms. The summed E-state index contributed by atoms with van der Waals surface area (Å²) >= 11 is 5.99. The molecule has 0 aliphatic carbocycles. The Balaban J connectivity index is 2.12. The number of hydrogen-bond acceptors (Lipinski definition) is 4. The summed E-state index contributed by atoms with van der Waals surface area (Å²) < 4.78 is 25.2. The van der Waals surface area contributed by atoms with Gasteiger partial charge in [-0.3, -0.25) is 0 Å². The number of sulfone groups is 1. The SMILES string of the molecule is N#Cc1cccc2c1nc(CCl)n2C1CCS(=O)(=O)CC1. The zero-order valence-electron chi connectivity index (χ0n) is 11.3. The van der Waals surface area contributed by atoms with Crippen molar-refractivity contribution < 1.29 is 8.42 Å². The Bertz CT molecular complexity index is 822. The summed E-state index contributed by atoms with van der Waals surface area (Å²) in [6.07, 6.45) is 1.13. The van der Waals surface area contributed by atoms with Gasteiger partial charge in [-0.1, -0.05) is 6.07 Å². The van der Waals surface area contributed by atoms with Gasteiger partial charge in [0.25, 0.3) is 0 Å². The molecule has 1 aliphatic heterocycles. The summed E-state index contributed by atoms with van der Waals surface area (Å²) in [5.74, 6) is 1.32. The lowest BCUT2D eigenvalue weighted by molar-refractivity contribution is 0.450. The molecule has 110 valence electrons. The number of halogens is 1. The van der Waals surface area contributed by atoms with E-state index < -0.39 is 9.84 Å². The molecule has 3 rings (SSSR count). The number of imidazole rings is 1. The maximum Gasteiger partial charge on any atom is 0.150 e. The van der Waals surface area contributed by atoms with Crippen LogP contribution in [-0.4, -0.2) is 29.5 Å². The van der Waals surface area contributed by atoms with Crippen LogP contribution in [0.3, 0.4) is 0 Å². The first-order valence-corrected chi connectivity index (χ1v) is 9.07. The highest BCUT2D eigenvalue weighted by molar-refractivity contribution is 7.91. The number of fused-ring (bicyclic) bond motifs is 1. The minimum atomic E-state index is -2.91. The lowest BCUT2D eigenvalue weighted by atomic mass is 10.1. The fourth-order valence-electron chi connectivity index (χ4n) is 2.89. The van der Waals surface area contributed by atoms with E-state index in [0.29, 0.717) is 29.7 Å². The molecule has 0 radical (unpaired) electrons. The van der Waals surface area contributed by atoms with E-state index in [2.05, 4.69) is 11.1 Å². The molecule has 0 amide bonds. The highest BCUT2D eigenvalue weighted by Gasteiger charge is 2.27. The van der Waals surface area contributed by atoms with Crippen LogP contribution in [0.15, 0.2) is 18.2 Å². The van der Waals surface area contributed by atoms with Crippen molar-refractivity contribution in [2.45, 2.75) is 24.8 Å². The molecular weight excluding hydrogens is 310 g/mol. The number of aromatic nitrogens is 2. The third-order valence-corrected chi connectivity index (χ3v) is 5.88. The Morgan fingerprint density at radius 1 is 1.38 bits per heavy atom. The van der Waals surface area contributed by atoms with Gasteiger partial charge in [-0.05, 0) is 25.0 Å². The van der Waals surface area contributed by atoms with Crippen molar-refractivity contribution >= 4 is 32.5 Å². The molecule has 1 aliphatic rings. The van der Waals surface area contributed by atoms with Crippen molar-refractivity contribution in [1.29, 1.82) is 5.26 Å². The van der Waals surface area contributed by atoms with E-state index in [1.165, 1.54) is 0 Å². The van der Waals surface area contributed by atoms with Gasteiger partial charge in [0.2, 0.25) is 0 Å². The average Bonchev–Trinajstić information content (AvgIpc) is 2.86. The number of nitriles is 1. The first-order valence-electron chi connectivity index (χ1n) is 6.72. The Hall–Kier alpha value is -1.58. The summed E-state index contributed by atoms with van der Waals surface area (Å²) in [4.78, 5) is 4.47. The first kappa shape index (κ1) is 14.4. The Kier molecular flexibility index (Phi) is 3.64. The van der Waals surface area contributed by atoms with Gasteiger partial charge in [0.15, 0.2) is 0 Å². The molecule has 1 aromatic carbocycles. The second-order valence-corrected chi connectivity index (χ2v) is 7.77. The normalized spacial score (nSPS) is 18.7. The maximum atomic E-state index is 11.6. The number of benzene rings is 1. The van der Waals surface area contributed by atoms with Crippen LogP contribution in [-0.2, 0) is 15.7 Å². The van der Waals surface area contributed by atoms with Gasteiger partial charge in [-0.2, -0.15) is 5.26 Å². The third kappa shape index (κ3) is 2.52. The summed E-state index contributed by atoms with van der Waals surface area (Å²) in [6.45, 7) is 0. The third-order valence-electron chi connectivity index (χ3n) is 3.92. The standard InChI is InChI=1S/C14H14ClN3O2S/c15-8-13-17-14-10(9-16)2-1-3-12(14)18(13)11-4-6-21(19,20)7-5-11/h1-3,11H,4-8H2. The van der Waals surface area contributed by atoms with E-state index in [1.807, 2.05) is 16.7 Å². The molecule has 1 fully saturated rings. The van der Waals surface area contributed by atoms with Crippen LogP contribution >= 0.6 is 11.6 Å². The minimum Gasteiger partial charge on any atom is -0.324 e. The van der Waals surface area contributed by atoms with E-state index in [0.717, 1.165) is 5.52 Å². The summed E-state index contributed by atoms with van der Waals surface area (Å²) in [5, 5.41) is 9.18. The lowest BCUT2D eigenvalue weighted by Crippen LogP contribution is -2.26. The molecular formula is C14H14ClN3O2S. The molecule has 0 saturated carbocycles. The van der Waals surface area contributed by atoms with Gasteiger partial charge >= 0.3 is 0 Å². The molecule has 5 nitrogen and oxygen atoms in total. The molecule has 2 heterocycles. The van der Waals surface area contributed by atoms with E-state index in [9.17, 15) is 13.7 Å². The van der Waals surface area contributed by atoms with E-state index in [4.69, 9.17) is 11.6 Å². The maximum absolute atomic E-state index is 11.6. The number of para-hydroxylation sites is 1. The van der Waals surface area contributed by atoms with Gasteiger partial charge in [0, 0.05) is 6.04 Å². The van der Waals surface area contributed by atoms with Crippen molar-refractivity contribution in [2.75, 3.05) is 11.5 Å². The highest BCUT2D eigenvalue weighted by atomic mass is 35.5. The van der Waals surface area contributed by atoms with Crippen LogP contribution in [0.2, 0.25) is 0 Å². The van der Waals surface area contributed by atoms with Crippen molar-refractivity contribution in [1.82, 2.24) is 9.55 Å². The number of hydrogen-bond donors (Lipinski definition) is 0. The van der Waals surface area contributed by atoms with Crippen LogP contribution in [0.4, 0.5) is 0 Å². The quantitative estimate of drug-likeness (QED) is 0.795. The van der Waals surface area contributed by atoms with Crippen molar-refractivity contribution in [2.24, 2.45) is 0 Å². The molecule has 0 bridgehead atoms. The molecule has 7 heteroatoms. The molecule has 1 aromatic heterocycles. The number of nitrogens with zero attached hydrogens (tertiary/aromatic N) is 3. The molecule has 0 spiro atoms. The topological polar surface area (TPSA) is 75.8 Å². The van der Waals surface area contributed by atoms with Gasteiger partial charge in [0.05, 0.1) is 28.5 Å². The summed E-state index contributed by atoms with van der Waals surface area (Å²) in [7, 11) is -2.91. The zero-order chi connectivity index (χ0) is 15.0. The molecule has 0 atom stereocenters. The van der Waals surface area contributed by atoms with Crippen molar-refractivity contribution in [3.05, 3.63) is 29.6 Å². The van der Waals surface area contributed by atoms with Gasteiger partial charge in [-0.25, -0.2) is 13.4 Å². The van der Waals surface area contributed by atoms with E-state index >= 15 is 0 Å². The highest BCUT2D eigenvalue weighted by Crippen LogP contribution is 2.31. The van der Waals surface area contributed by atoms with Crippen molar-refractivity contribution in [3.8, 4) is 6.07 Å². The zero-order valence-corrected chi connectivity index (χ0v) is 12.9. The van der Waals surface area contributed by atoms with E-state index in [1.54, 1.807) is 6.07 Å². The van der Waals surface area contributed by atoms with Crippen LogP contribution in [0.1, 0.15) is 30.3 Å². The second-order valence-electron chi connectivity index (χ2n) is 5.20. The van der Waals surface area contributed by atoms with Gasteiger partial charge in [0.1, 0.15) is 27.2 Å². The minimum absolute atomic E-state index is 0.0706. The van der Waals surface area contributed by atoms with E-state index in [-0.39, 0.29) is 23.4 Å². The molecule has 0 unspecified atom stereocenters. The fourth-order valence-corrected chi connectivity index (χ4v) is 4.55. The average molecular weight is 324 g/mol. The predicted octanol–water partition coefficient (Wildman–Crippen LogP) is 2.40.